The van der Waals surface area contributed by atoms with Crippen LogP contribution in [0.5, 0.6) is 0 Å². The number of carbonyl (C=O) groups is 3. The molecule has 0 aliphatic rings. The van der Waals surface area contributed by atoms with Gasteiger partial charge in [-0.2, -0.15) is 5.10 Å². The van der Waals surface area contributed by atoms with Crippen LogP contribution < -0.4 is 10.6 Å². The van der Waals surface area contributed by atoms with Crippen molar-refractivity contribution in [2.75, 3.05) is 6.54 Å². The van der Waals surface area contributed by atoms with Gasteiger partial charge in [-0.1, -0.05) is 27.7 Å². The van der Waals surface area contributed by atoms with E-state index in [1.807, 2.05) is 13.8 Å². The summed E-state index contributed by atoms with van der Waals surface area (Å²) in [6, 6.07) is -0.958. The molecule has 0 unspecified atom stereocenters. The van der Waals surface area contributed by atoms with Gasteiger partial charge in [0.25, 0.3) is 5.91 Å². The summed E-state index contributed by atoms with van der Waals surface area (Å²) >= 11 is 0. The number of carbonyl (C=O) groups excluding carboxylic acids is 2. The molecule has 1 aromatic rings. The average molecular weight is 352 g/mol. The molecule has 1 heterocycles. The Morgan fingerprint density at radius 1 is 1.20 bits per heavy atom. The molecule has 1 aromatic heterocycles. The quantitative estimate of drug-likeness (QED) is 0.618. The third-order valence-electron chi connectivity index (χ3n) is 3.64. The summed E-state index contributed by atoms with van der Waals surface area (Å²) in [5, 5.41) is 18.2. The number of amides is 2. The average Bonchev–Trinajstić information content (AvgIpc) is 2.84. The standard InChI is InChI=1S/C17H28N4O4/c1-10(2)6-14(17(24)25)20-15(22)8-18-16(23)13-7-19-21(12(13)5)9-11(3)4/h7,10-11,14H,6,8-9H2,1-5H3,(H,18,23)(H,20,22)(H,24,25)/t14-/m0/s1. The molecule has 0 aromatic carbocycles. The molecule has 140 valence electrons. The number of carboxylic acid groups (broad SMARTS) is 1. The molecule has 1 atom stereocenters. The van der Waals surface area contributed by atoms with E-state index in [4.69, 9.17) is 5.11 Å². The minimum Gasteiger partial charge on any atom is -0.480 e. The molecule has 0 bridgehead atoms. The molecule has 0 aliphatic carbocycles. The summed E-state index contributed by atoms with van der Waals surface area (Å²) in [6.07, 6.45) is 1.81. The Hall–Kier alpha value is -2.38. The Kier molecular flexibility index (Phi) is 7.60. The van der Waals surface area contributed by atoms with Crippen LogP contribution in [0, 0.1) is 18.8 Å². The topological polar surface area (TPSA) is 113 Å². The van der Waals surface area contributed by atoms with Crippen LogP contribution in [-0.4, -0.2) is 45.3 Å². The van der Waals surface area contributed by atoms with Crippen molar-refractivity contribution in [3.05, 3.63) is 17.5 Å². The Morgan fingerprint density at radius 3 is 2.36 bits per heavy atom. The van der Waals surface area contributed by atoms with Crippen LogP contribution in [0.25, 0.3) is 0 Å². The van der Waals surface area contributed by atoms with E-state index in [0.29, 0.717) is 24.4 Å². The number of nitrogens with zero attached hydrogens (tertiary/aromatic N) is 2. The third kappa shape index (κ3) is 6.56. The minimum atomic E-state index is -1.08. The predicted molar refractivity (Wildman–Crippen MR) is 93.2 cm³/mol. The van der Waals surface area contributed by atoms with Crippen molar-refractivity contribution in [3.63, 3.8) is 0 Å². The Morgan fingerprint density at radius 2 is 1.84 bits per heavy atom. The van der Waals surface area contributed by atoms with Crippen molar-refractivity contribution >= 4 is 17.8 Å². The van der Waals surface area contributed by atoms with E-state index >= 15 is 0 Å². The lowest BCUT2D eigenvalue weighted by atomic mass is 10.0. The van der Waals surface area contributed by atoms with E-state index in [1.165, 1.54) is 6.20 Å². The van der Waals surface area contributed by atoms with Crippen LogP contribution in [-0.2, 0) is 16.1 Å². The number of nitrogens with one attached hydrogen (secondary N) is 2. The normalized spacial score (nSPS) is 12.3. The lowest BCUT2D eigenvalue weighted by molar-refractivity contribution is -0.142. The first-order chi connectivity index (χ1) is 11.6. The summed E-state index contributed by atoms with van der Waals surface area (Å²) in [7, 11) is 0. The lowest BCUT2D eigenvalue weighted by Gasteiger charge is -2.16. The van der Waals surface area contributed by atoms with Gasteiger partial charge in [0, 0.05) is 12.2 Å². The van der Waals surface area contributed by atoms with Crippen molar-refractivity contribution in [2.24, 2.45) is 11.8 Å². The lowest BCUT2D eigenvalue weighted by Crippen LogP contribution is -2.46. The van der Waals surface area contributed by atoms with Crippen LogP contribution >= 0.6 is 0 Å². The SMILES string of the molecule is Cc1c(C(=O)NCC(=O)N[C@@H](CC(C)C)C(=O)O)cnn1CC(C)C. The molecule has 0 fully saturated rings. The zero-order valence-electron chi connectivity index (χ0n) is 15.5. The zero-order chi connectivity index (χ0) is 19.1. The largest absolute Gasteiger partial charge is 0.480 e. The fraction of sp³-hybridized carbons (Fsp3) is 0.647. The number of aromatic nitrogens is 2. The second-order valence-corrected chi connectivity index (χ2v) is 6.99. The minimum absolute atomic E-state index is 0.130. The highest BCUT2D eigenvalue weighted by Crippen LogP contribution is 2.09. The zero-order valence-corrected chi connectivity index (χ0v) is 15.5. The predicted octanol–water partition coefficient (Wildman–Crippen LogP) is 1.19. The van der Waals surface area contributed by atoms with Crippen LogP contribution in [0.2, 0.25) is 0 Å². The number of hydrogen-bond acceptors (Lipinski definition) is 4. The van der Waals surface area contributed by atoms with Crippen LogP contribution in [0.3, 0.4) is 0 Å². The van der Waals surface area contributed by atoms with Gasteiger partial charge in [-0.15, -0.1) is 0 Å². The summed E-state index contributed by atoms with van der Waals surface area (Å²) in [5.41, 5.74) is 1.14. The smallest absolute Gasteiger partial charge is 0.326 e. The van der Waals surface area contributed by atoms with Crippen molar-refractivity contribution in [2.45, 2.75) is 53.6 Å². The van der Waals surface area contributed by atoms with E-state index in [0.717, 1.165) is 5.69 Å². The Bertz CT molecular complexity index is 622. The molecular weight excluding hydrogens is 324 g/mol. The molecule has 1 rings (SSSR count). The van der Waals surface area contributed by atoms with Gasteiger partial charge in [0.05, 0.1) is 18.3 Å². The first-order valence-corrected chi connectivity index (χ1v) is 8.44. The monoisotopic (exact) mass is 352 g/mol. The van der Waals surface area contributed by atoms with Crippen molar-refractivity contribution in [1.82, 2.24) is 20.4 Å². The second kappa shape index (κ2) is 9.19. The molecule has 3 N–H and O–H groups in total. The van der Waals surface area contributed by atoms with Gasteiger partial charge in [0.2, 0.25) is 5.91 Å². The maximum Gasteiger partial charge on any atom is 0.326 e. The highest BCUT2D eigenvalue weighted by atomic mass is 16.4. The van der Waals surface area contributed by atoms with Gasteiger partial charge in [-0.25, -0.2) is 4.79 Å². The number of rotatable bonds is 9. The molecular formula is C17H28N4O4. The van der Waals surface area contributed by atoms with Crippen LogP contribution in [0.1, 0.15) is 50.2 Å². The molecule has 25 heavy (non-hydrogen) atoms. The molecule has 0 saturated carbocycles. The summed E-state index contributed by atoms with van der Waals surface area (Å²) in [4.78, 5) is 35.3. The molecule has 2 amide bonds. The molecule has 0 spiro atoms. The van der Waals surface area contributed by atoms with Gasteiger partial charge in [-0.05, 0) is 25.2 Å². The third-order valence-corrected chi connectivity index (χ3v) is 3.64. The first kappa shape index (κ1) is 20.7. The van der Waals surface area contributed by atoms with Crippen molar-refractivity contribution < 1.29 is 19.5 Å². The molecule has 0 saturated heterocycles. The maximum absolute atomic E-state index is 12.2. The van der Waals surface area contributed by atoms with Gasteiger partial charge in [0.1, 0.15) is 6.04 Å². The highest BCUT2D eigenvalue weighted by molar-refractivity contribution is 5.97. The fourth-order valence-electron chi connectivity index (χ4n) is 2.39. The van der Waals surface area contributed by atoms with E-state index in [-0.39, 0.29) is 12.5 Å². The first-order valence-electron chi connectivity index (χ1n) is 8.44. The fourth-order valence-corrected chi connectivity index (χ4v) is 2.39. The summed E-state index contributed by atoms with van der Waals surface area (Å²) in [5.74, 6) is -1.49. The molecule has 0 radical (unpaired) electrons. The van der Waals surface area contributed by atoms with E-state index in [2.05, 4.69) is 29.6 Å². The van der Waals surface area contributed by atoms with E-state index in [9.17, 15) is 14.4 Å². The Labute approximate surface area is 148 Å². The summed E-state index contributed by atoms with van der Waals surface area (Å²) in [6.45, 7) is 10.1. The number of aliphatic carboxylic acids is 1. The van der Waals surface area contributed by atoms with Gasteiger partial charge in [-0.3, -0.25) is 14.3 Å². The Balaban J connectivity index is 2.59. The van der Waals surface area contributed by atoms with Gasteiger partial charge >= 0.3 is 5.97 Å². The summed E-state index contributed by atoms with van der Waals surface area (Å²) < 4.78 is 1.75. The van der Waals surface area contributed by atoms with E-state index < -0.39 is 23.8 Å². The van der Waals surface area contributed by atoms with Gasteiger partial charge < -0.3 is 15.7 Å². The van der Waals surface area contributed by atoms with Crippen LogP contribution in [0.15, 0.2) is 6.20 Å². The molecule has 8 heteroatoms. The van der Waals surface area contributed by atoms with Crippen molar-refractivity contribution in [3.8, 4) is 0 Å². The van der Waals surface area contributed by atoms with Crippen LogP contribution in [0.4, 0.5) is 0 Å². The molecule has 8 nitrogen and oxygen atoms in total. The van der Waals surface area contributed by atoms with Gasteiger partial charge in [0.15, 0.2) is 0 Å². The number of carboxylic acids is 1. The molecule has 0 aliphatic heterocycles. The number of hydrogen-bond donors (Lipinski definition) is 3. The van der Waals surface area contributed by atoms with Crippen molar-refractivity contribution in [1.29, 1.82) is 0 Å². The highest BCUT2D eigenvalue weighted by Gasteiger charge is 2.22. The maximum atomic E-state index is 12.2. The van der Waals surface area contributed by atoms with E-state index in [1.54, 1.807) is 11.6 Å². The second-order valence-electron chi connectivity index (χ2n) is 6.99.